The molecule has 0 aromatic heterocycles. The van der Waals surface area contributed by atoms with Gasteiger partial charge in [-0.2, -0.15) is 0 Å². The zero-order chi connectivity index (χ0) is 11.6. The highest BCUT2D eigenvalue weighted by Gasteiger charge is 2.44. The van der Waals surface area contributed by atoms with Gasteiger partial charge < -0.3 is 25.4 Å². The predicted octanol–water partition coefficient (Wildman–Crippen LogP) is -2.10. The van der Waals surface area contributed by atoms with Gasteiger partial charge in [-0.05, 0) is 0 Å². The number of ether oxygens (including phenoxy) is 1. The van der Waals surface area contributed by atoms with Crippen molar-refractivity contribution in [3.05, 3.63) is 0 Å². The van der Waals surface area contributed by atoms with Crippen LogP contribution in [0.4, 0.5) is 4.39 Å². The number of hydrogen-bond acceptors (Lipinski definition) is 5. The van der Waals surface area contributed by atoms with E-state index in [1.165, 1.54) is 0 Å². The number of aliphatic hydroxyl groups is 3. The van der Waals surface area contributed by atoms with Crippen LogP contribution >= 0.6 is 0 Å². The average molecular weight is 223 g/mol. The third-order valence-corrected chi connectivity index (χ3v) is 2.24. The van der Waals surface area contributed by atoms with Crippen molar-refractivity contribution < 1.29 is 29.2 Å². The quantitative estimate of drug-likeness (QED) is 0.430. The van der Waals surface area contributed by atoms with Gasteiger partial charge in [0, 0.05) is 6.92 Å². The van der Waals surface area contributed by atoms with E-state index in [9.17, 15) is 19.4 Å². The van der Waals surface area contributed by atoms with E-state index in [1.807, 2.05) is 0 Å². The van der Waals surface area contributed by atoms with Crippen LogP contribution in [0.2, 0.25) is 0 Å². The summed E-state index contributed by atoms with van der Waals surface area (Å²) < 4.78 is 17.8. The Balaban J connectivity index is 2.70. The molecule has 0 radical (unpaired) electrons. The van der Waals surface area contributed by atoms with Crippen LogP contribution in [0, 0.1) is 0 Å². The molecule has 1 aliphatic heterocycles. The summed E-state index contributed by atoms with van der Waals surface area (Å²) >= 11 is 0. The Morgan fingerprint density at radius 3 is 2.53 bits per heavy atom. The summed E-state index contributed by atoms with van der Waals surface area (Å²) in [6.07, 6.45) is -6.07. The standard InChI is InChI=1S/C8H14FNO5/c1-3(12)10-5-7(14)6(13)4(2-11)15-8(5)9/h4-8,11,13-14H,2H2,1H3,(H,10,12)/t4-,5-,6-,7-,8?/m1/s1. The van der Waals surface area contributed by atoms with Crippen LogP contribution in [-0.4, -0.2) is 58.5 Å². The fourth-order valence-electron chi connectivity index (χ4n) is 1.46. The maximum Gasteiger partial charge on any atom is 0.222 e. The number of aliphatic hydroxyl groups excluding tert-OH is 3. The van der Waals surface area contributed by atoms with E-state index in [1.54, 1.807) is 0 Å². The first-order chi connectivity index (χ1) is 6.97. The van der Waals surface area contributed by atoms with Gasteiger partial charge in [0.15, 0.2) is 0 Å². The fraction of sp³-hybridized carbons (Fsp3) is 0.875. The number of hydrogen-bond donors (Lipinski definition) is 4. The monoisotopic (exact) mass is 223 g/mol. The summed E-state index contributed by atoms with van der Waals surface area (Å²) in [5.41, 5.74) is 0. The van der Waals surface area contributed by atoms with Crippen molar-refractivity contribution in [2.24, 2.45) is 0 Å². The Morgan fingerprint density at radius 2 is 2.07 bits per heavy atom. The molecule has 1 heterocycles. The molecule has 0 aromatic carbocycles. The summed E-state index contributed by atoms with van der Waals surface area (Å²) in [6.45, 7) is 0.551. The maximum atomic E-state index is 13.3. The molecule has 5 atom stereocenters. The molecule has 1 fully saturated rings. The molecular weight excluding hydrogens is 209 g/mol. The lowest BCUT2D eigenvalue weighted by molar-refractivity contribution is -0.228. The summed E-state index contributed by atoms with van der Waals surface area (Å²) in [6, 6.07) is -1.32. The molecule has 1 rings (SSSR count). The molecular formula is C8H14FNO5. The van der Waals surface area contributed by atoms with E-state index in [0.717, 1.165) is 6.92 Å². The van der Waals surface area contributed by atoms with Crippen molar-refractivity contribution in [3.8, 4) is 0 Å². The van der Waals surface area contributed by atoms with Crippen LogP contribution in [0.25, 0.3) is 0 Å². The molecule has 1 aliphatic rings. The molecule has 7 heteroatoms. The number of alkyl halides is 1. The minimum Gasteiger partial charge on any atom is -0.394 e. The van der Waals surface area contributed by atoms with Crippen LogP contribution in [0.3, 0.4) is 0 Å². The third kappa shape index (κ3) is 2.63. The summed E-state index contributed by atoms with van der Waals surface area (Å²) in [5.74, 6) is -0.542. The van der Waals surface area contributed by atoms with Crippen molar-refractivity contribution in [1.82, 2.24) is 5.32 Å². The van der Waals surface area contributed by atoms with E-state index in [4.69, 9.17) is 5.11 Å². The number of nitrogens with one attached hydrogen (secondary N) is 1. The molecule has 88 valence electrons. The molecule has 1 saturated heterocycles. The summed E-state index contributed by atoms with van der Waals surface area (Å²) in [7, 11) is 0. The average Bonchev–Trinajstić information content (AvgIpc) is 2.18. The number of rotatable bonds is 2. The van der Waals surface area contributed by atoms with Gasteiger partial charge in [0.25, 0.3) is 0 Å². The molecule has 0 aromatic rings. The zero-order valence-electron chi connectivity index (χ0n) is 8.13. The first-order valence-electron chi connectivity index (χ1n) is 4.51. The Hall–Kier alpha value is -0.760. The molecule has 15 heavy (non-hydrogen) atoms. The molecule has 0 spiro atoms. The van der Waals surface area contributed by atoms with Gasteiger partial charge in [-0.1, -0.05) is 0 Å². The smallest absolute Gasteiger partial charge is 0.222 e. The third-order valence-electron chi connectivity index (χ3n) is 2.24. The first kappa shape index (κ1) is 12.3. The van der Waals surface area contributed by atoms with Crippen molar-refractivity contribution >= 4 is 5.91 Å². The van der Waals surface area contributed by atoms with E-state index in [-0.39, 0.29) is 0 Å². The highest BCUT2D eigenvalue weighted by atomic mass is 19.1. The summed E-state index contributed by atoms with van der Waals surface area (Å²) in [4.78, 5) is 10.7. The molecule has 0 aliphatic carbocycles. The molecule has 0 saturated carbocycles. The topological polar surface area (TPSA) is 99.0 Å². The number of amides is 1. The van der Waals surface area contributed by atoms with Gasteiger partial charge >= 0.3 is 0 Å². The van der Waals surface area contributed by atoms with E-state index in [0.29, 0.717) is 0 Å². The molecule has 6 nitrogen and oxygen atoms in total. The van der Waals surface area contributed by atoms with Gasteiger partial charge in [0.1, 0.15) is 24.4 Å². The number of carbonyl (C=O) groups excluding carboxylic acids is 1. The molecule has 1 amide bonds. The normalized spacial score (nSPS) is 41.3. The lowest BCUT2D eigenvalue weighted by atomic mass is 9.97. The van der Waals surface area contributed by atoms with E-state index in [2.05, 4.69) is 10.1 Å². The molecule has 0 bridgehead atoms. The highest BCUT2D eigenvalue weighted by molar-refractivity contribution is 5.73. The van der Waals surface area contributed by atoms with E-state index < -0.39 is 43.2 Å². The molecule has 4 N–H and O–H groups in total. The van der Waals surface area contributed by atoms with Gasteiger partial charge in [-0.25, -0.2) is 4.39 Å². The van der Waals surface area contributed by atoms with Crippen LogP contribution in [0.15, 0.2) is 0 Å². The van der Waals surface area contributed by atoms with Crippen LogP contribution in [0.5, 0.6) is 0 Å². The predicted molar refractivity (Wildman–Crippen MR) is 46.5 cm³/mol. The lowest BCUT2D eigenvalue weighted by Gasteiger charge is -2.39. The largest absolute Gasteiger partial charge is 0.394 e. The van der Waals surface area contributed by atoms with Crippen molar-refractivity contribution in [3.63, 3.8) is 0 Å². The van der Waals surface area contributed by atoms with Crippen LogP contribution < -0.4 is 5.32 Å². The fourth-order valence-corrected chi connectivity index (χ4v) is 1.46. The Kier molecular flexibility index (Phi) is 3.97. The van der Waals surface area contributed by atoms with Gasteiger partial charge in [0.05, 0.1) is 6.61 Å². The Bertz CT molecular complexity index is 239. The first-order valence-corrected chi connectivity index (χ1v) is 4.51. The van der Waals surface area contributed by atoms with Crippen molar-refractivity contribution in [2.75, 3.05) is 6.61 Å². The number of halogens is 1. The second-order valence-electron chi connectivity index (χ2n) is 3.42. The number of carbonyl (C=O) groups is 1. The van der Waals surface area contributed by atoms with Crippen molar-refractivity contribution in [1.29, 1.82) is 0 Å². The van der Waals surface area contributed by atoms with Crippen LogP contribution in [-0.2, 0) is 9.53 Å². The summed E-state index contributed by atoms with van der Waals surface area (Å²) in [5, 5.41) is 29.7. The minimum absolute atomic E-state index is 0.542. The van der Waals surface area contributed by atoms with Crippen molar-refractivity contribution in [2.45, 2.75) is 37.6 Å². The van der Waals surface area contributed by atoms with Gasteiger partial charge in [0.2, 0.25) is 12.3 Å². The zero-order valence-corrected chi connectivity index (χ0v) is 8.13. The Labute approximate surface area is 85.7 Å². The Morgan fingerprint density at radius 1 is 1.47 bits per heavy atom. The van der Waals surface area contributed by atoms with E-state index >= 15 is 0 Å². The minimum atomic E-state index is -1.95. The highest BCUT2D eigenvalue weighted by Crippen LogP contribution is 2.21. The second-order valence-corrected chi connectivity index (χ2v) is 3.42. The van der Waals surface area contributed by atoms with Crippen LogP contribution in [0.1, 0.15) is 6.92 Å². The van der Waals surface area contributed by atoms with Gasteiger partial charge in [-0.3, -0.25) is 4.79 Å². The van der Waals surface area contributed by atoms with Gasteiger partial charge in [-0.15, -0.1) is 0 Å². The maximum absolute atomic E-state index is 13.3. The lowest BCUT2D eigenvalue weighted by Crippen LogP contribution is -2.62. The second kappa shape index (κ2) is 4.84. The molecule has 1 unspecified atom stereocenters. The SMILES string of the molecule is CC(=O)N[C@H]1C(F)O[C@H](CO)[C@@H](O)[C@@H]1O.